The fourth-order valence-corrected chi connectivity index (χ4v) is 1.89. The van der Waals surface area contributed by atoms with Crippen LogP contribution in [0.5, 0.6) is 17.2 Å². The van der Waals surface area contributed by atoms with E-state index in [0.29, 0.717) is 12.4 Å². The van der Waals surface area contributed by atoms with Crippen molar-refractivity contribution >= 4 is 11.9 Å². The van der Waals surface area contributed by atoms with Gasteiger partial charge in [-0.15, -0.1) is 0 Å². The van der Waals surface area contributed by atoms with Gasteiger partial charge in [0.05, 0.1) is 12.2 Å². The molecule has 0 bridgehead atoms. The number of benzene rings is 2. The zero-order valence-electron chi connectivity index (χ0n) is 11.6. The SMILES string of the molecule is CCOc1ccccc1C=CC(=O)c1ccc(O)cc1O. The maximum atomic E-state index is 12.1. The van der Waals surface area contributed by atoms with Gasteiger partial charge in [-0.25, -0.2) is 0 Å². The van der Waals surface area contributed by atoms with Gasteiger partial charge in [-0.3, -0.25) is 4.79 Å². The van der Waals surface area contributed by atoms with Crippen molar-refractivity contribution in [3.63, 3.8) is 0 Å². The van der Waals surface area contributed by atoms with Crippen molar-refractivity contribution in [1.29, 1.82) is 0 Å². The first-order chi connectivity index (χ1) is 10.1. The monoisotopic (exact) mass is 284 g/mol. The minimum atomic E-state index is -0.348. The highest BCUT2D eigenvalue weighted by atomic mass is 16.5. The lowest BCUT2D eigenvalue weighted by Gasteiger charge is -2.06. The average molecular weight is 284 g/mol. The molecule has 0 aliphatic heterocycles. The van der Waals surface area contributed by atoms with Crippen LogP contribution in [-0.2, 0) is 0 Å². The molecule has 2 aromatic carbocycles. The van der Waals surface area contributed by atoms with E-state index in [1.165, 1.54) is 18.2 Å². The molecule has 108 valence electrons. The molecule has 0 heterocycles. The lowest BCUT2D eigenvalue weighted by Crippen LogP contribution is -1.96. The van der Waals surface area contributed by atoms with Crippen molar-refractivity contribution in [3.8, 4) is 17.2 Å². The number of ketones is 1. The number of rotatable bonds is 5. The number of para-hydroxylation sites is 1. The maximum absolute atomic E-state index is 12.1. The average Bonchev–Trinajstić information content (AvgIpc) is 2.46. The molecule has 0 saturated heterocycles. The number of hydrogen-bond donors (Lipinski definition) is 2. The molecule has 0 atom stereocenters. The predicted octanol–water partition coefficient (Wildman–Crippen LogP) is 3.39. The summed E-state index contributed by atoms with van der Waals surface area (Å²) < 4.78 is 5.47. The molecule has 21 heavy (non-hydrogen) atoms. The summed E-state index contributed by atoms with van der Waals surface area (Å²) in [5.41, 5.74) is 0.920. The Balaban J connectivity index is 2.23. The molecular formula is C17H16O4. The van der Waals surface area contributed by atoms with Gasteiger partial charge >= 0.3 is 0 Å². The van der Waals surface area contributed by atoms with E-state index in [1.54, 1.807) is 6.08 Å². The highest BCUT2D eigenvalue weighted by Gasteiger charge is 2.09. The molecule has 0 fully saturated rings. The molecule has 2 aromatic rings. The molecule has 2 N–H and O–H groups in total. The number of ether oxygens (including phenoxy) is 1. The van der Waals surface area contributed by atoms with E-state index in [9.17, 15) is 15.0 Å². The van der Waals surface area contributed by atoms with Crippen molar-refractivity contribution in [2.75, 3.05) is 6.61 Å². The van der Waals surface area contributed by atoms with Crippen LogP contribution in [0.1, 0.15) is 22.8 Å². The summed E-state index contributed by atoms with van der Waals surface area (Å²) in [5, 5.41) is 18.9. The minimum Gasteiger partial charge on any atom is -0.508 e. The van der Waals surface area contributed by atoms with Crippen molar-refractivity contribution in [2.45, 2.75) is 6.92 Å². The van der Waals surface area contributed by atoms with E-state index in [0.717, 1.165) is 11.6 Å². The molecule has 0 unspecified atom stereocenters. The Labute approximate surface area is 122 Å². The van der Waals surface area contributed by atoms with Gasteiger partial charge < -0.3 is 14.9 Å². The van der Waals surface area contributed by atoms with Crippen LogP contribution in [-0.4, -0.2) is 22.6 Å². The lowest BCUT2D eigenvalue weighted by atomic mass is 10.1. The van der Waals surface area contributed by atoms with E-state index in [-0.39, 0.29) is 22.8 Å². The second kappa shape index (κ2) is 6.61. The van der Waals surface area contributed by atoms with E-state index >= 15 is 0 Å². The summed E-state index contributed by atoms with van der Waals surface area (Å²) in [6.45, 7) is 2.43. The summed E-state index contributed by atoms with van der Waals surface area (Å²) in [7, 11) is 0. The summed E-state index contributed by atoms with van der Waals surface area (Å²) in [6.07, 6.45) is 3.00. The van der Waals surface area contributed by atoms with Crippen molar-refractivity contribution in [3.05, 3.63) is 59.7 Å². The molecule has 4 heteroatoms. The molecule has 0 spiro atoms. The van der Waals surface area contributed by atoms with E-state index in [4.69, 9.17) is 4.74 Å². The molecular weight excluding hydrogens is 268 g/mol. The van der Waals surface area contributed by atoms with Gasteiger partial charge in [-0.05, 0) is 37.3 Å². The van der Waals surface area contributed by atoms with Crippen LogP contribution in [0.15, 0.2) is 48.5 Å². The summed E-state index contributed by atoms with van der Waals surface area (Å²) >= 11 is 0. The zero-order chi connectivity index (χ0) is 15.2. The van der Waals surface area contributed by atoms with Crippen LogP contribution in [0.4, 0.5) is 0 Å². The lowest BCUT2D eigenvalue weighted by molar-refractivity contribution is 0.104. The molecule has 0 aliphatic carbocycles. The first kappa shape index (κ1) is 14.7. The molecule has 0 aliphatic rings. The number of carbonyl (C=O) groups is 1. The molecule has 0 aromatic heterocycles. The van der Waals surface area contributed by atoms with Crippen LogP contribution in [0, 0.1) is 0 Å². The van der Waals surface area contributed by atoms with Gasteiger partial charge in [0.2, 0.25) is 0 Å². The number of hydrogen-bond acceptors (Lipinski definition) is 4. The van der Waals surface area contributed by atoms with E-state index in [2.05, 4.69) is 0 Å². The minimum absolute atomic E-state index is 0.0882. The second-order valence-electron chi connectivity index (χ2n) is 4.37. The number of phenols is 2. The highest BCUT2D eigenvalue weighted by Crippen LogP contribution is 2.24. The van der Waals surface area contributed by atoms with Gasteiger partial charge in [-0.1, -0.05) is 18.2 Å². The first-order valence-electron chi connectivity index (χ1n) is 6.58. The van der Waals surface area contributed by atoms with Crippen molar-refractivity contribution < 1.29 is 19.7 Å². The zero-order valence-corrected chi connectivity index (χ0v) is 11.6. The Kier molecular flexibility index (Phi) is 4.61. The van der Waals surface area contributed by atoms with Crippen LogP contribution in [0.3, 0.4) is 0 Å². The molecule has 0 saturated carbocycles. The molecule has 2 rings (SSSR count). The van der Waals surface area contributed by atoms with Crippen molar-refractivity contribution in [2.24, 2.45) is 0 Å². The summed E-state index contributed by atoms with van der Waals surface area (Å²) in [5.74, 6) is 0.00949. The third-order valence-corrected chi connectivity index (χ3v) is 2.88. The second-order valence-corrected chi connectivity index (χ2v) is 4.37. The normalized spacial score (nSPS) is 10.7. The Morgan fingerprint density at radius 2 is 1.95 bits per heavy atom. The molecule has 0 radical (unpaired) electrons. The molecule has 4 nitrogen and oxygen atoms in total. The Morgan fingerprint density at radius 3 is 2.67 bits per heavy atom. The standard InChI is InChI=1S/C17H16O4/c1-2-21-17-6-4-3-5-12(17)7-10-15(19)14-9-8-13(18)11-16(14)20/h3-11,18,20H,2H2,1H3. The number of carbonyl (C=O) groups excluding carboxylic acids is 1. The molecule has 0 amide bonds. The van der Waals surface area contributed by atoms with Crippen LogP contribution >= 0.6 is 0 Å². The first-order valence-corrected chi connectivity index (χ1v) is 6.58. The fraction of sp³-hybridized carbons (Fsp3) is 0.118. The Morgan fingerprint density at radius 1 is 1.19 bits per heavy atom. The third kappa shape index (κ3) is 3.63. The predicted molar refractivity (Wildman–Crippen MR) is 80.7 cm³/mol. The summed E-state index contributed by atoms with van der Waals surface area (Å²) in [6, 6.07) is 11.2. The third-order valence-electron chi connectivity index (χ3n) is 2.88. The van der Waals surface area contributed by atoms with Crippen molar-refractivity contribution in [1.82, 2.24) is 0 Å². The van der Waals surface area contributed by atoms with Crippen LogP contribution in [0.25, 0.3) is 6.08 Å². The fourth-order valence-electron chi connectivity index (χ4n) is 1.89. The number of allylic oxidation sites excluding steroid dienone is 1. The largest absolute Gasteiger partial charge is 0.508 e. The quantitative estimate of drug-likeness (QED) is 0.652. The number of phenolic OH excluding ortho intramolecular Hbond substituents is 2. The van der Waals surface area contributed by atoms with Gasteiger partial charge in [0.15, 0.2) is 5.78 Å². The van der Waals surface area contributed by atoms with E-state index in [1.807, 2.05) is 31.2 Å². The van der Waals surface area contributed by atoms with Gasteiger partial charge in [-0.2, -0.15) is 0 Å². The Hall–Kier alpha value is -2.75. The van der Waals surface area contributed by atoms with Gasteiger partial charge in [0, 0.05) is 11.6 Å². The Bertz CT molecular complexity index is 674. The maximum Gasteiger partial charge on any atom is 0.189 e. The highest BCUT2D eigenvalue weighted by molar-refractivity contribution is 6.08. The van der Waals surface area contributed by atoms with Gasteiger partial charge in [0.1, 0.15) is 17.2 Å². The van der Waals surface area contributed by atoms with Crippen LogP contribution < -0.4 is 4.74 Å². The van der Waals surface area contributed by atoms with Crippen LogP contribution in [0.2, 0.25) is 0 Å². The summed E-state index contributed by atoms with van der Waals surface area (Å²) in [4.78, 5) is 12.1. The number of aromatic hydroxyl groups is 2. The van der Waals surface area contributed by atoms with Gasteiger partial charge in [0.25, 0.3) is 0 Å². The van der Waals surface area contributed by atoms with E-state index < -0.39 is 0 Å². The smallest absolute Gasteiger partial charge is 0.189 e. The topological polar surface area (TPSA) is 66.8 Å².